The average Bonchev–Trinajstić information content (AvgIpc) is 2.96. The third kappa shape index (κ3) is 3.70. The number of furan rings is 1. The SMILES string of the molecule is Cc1ccc(/C=C/C(=O)N(C)CC2CCCC2O)o1. The normalized spacial score (nSPS) is 23.1. The van der Waals surface area contributed by atoms with Crippen LogP contribution in [-0.2, 0) is 4.79 Å². The molecule has 4 nitrogen and oxygen atoms in total. The lowest BCUT2D eigenvalue weighted by Gasteiger charge is -2.22. The number of rotatable bonds is 4. The van der Waals surface area contributed by atoms with Gasteiger partial charge in [0, 0.05) is 25.6 Å². The van der Waals surface area contributed by atoms with Gasteiger partial charge >= 0.3 is 0 Å². The summed E-state index contributed by atoms with van der Waals surface area (Å²) in [5, 5.41) is 9.76. The molecule has 0 aliphatic heterocycles. The first-order valence-electron chi connectivity index (χ1n) is 6.74. The zero-order valence-corrected chi connectivity index (χ0v) is 11.5. The van der Waals surface area contributed by atoms with Crippen molar-refractivity contribution in [1.29, 1.82) is 0 Å². The Morgan fingerprint density at radius 3 is 2.89 bits per heavy atom. The van der Waals surface area contributed by atoms with Crippen LogP contribution in [0.15, 0.2) is 22.6 Å². The maximum absolute atomic E-state index is 11.9. The zero-order valence-electron chi connectivity index (χ0n) is 11.5. The standard InChI is InChI=1S/C15H21NO3/c1-11-6-7-13(19-11)8-9-15(18)16(2)10-12-4-3-5-14(12)17/h6-9,12,14,17H,3-5,10H2,1-2H3/b9-8+. The van der Waals surface area contributed by atoms with Gasteiger partial charge < -0.3 is 14.4 Å². The Hall–Kier alpha value is -1.55. The highest BCUT2D eigenvalue weighted by molar-refractivity contribution is 5.91. The quantitative estimate of drug-likeness (QED) is 0.847. The zero-order chi connectivity index (χ0) is 13.8. The highest BCUT2D eigenvalue weighted by Gasteiger charge is 2.26. The molecule has 1 aromatic rings. The fourth-order valence-electron chi connectivity index (χ4n) is 2.50. The molecule has 1 heterocycles. The number of carbonyl (C=O) groups excluding carboxylic acids is 1. The minimum atomic E-state index is -0.257. The van der Waals surface area contributed by atoms with Gasteiger partial charge in [0.2, 0.25) is 5.91 Å². The van der Waals surface area contributed by atoms with Gasteiger partial charge in [0.05, 0.1) is 6.10 Å². The number of likely N-dealkylation sites (N-methyl/N-ethyl adjacent to an activating group) is 1. The molecule has 0 saturated heterocycles. The minimum absolute atomic E-state index is 0.0619. The van der Waals surface area contributed by atoms with Crippen LogP contribution in [0.1, 0.15) is 30.8 Å². The molecule has 2 unspecified atom stereocenters. The number of carbonyl (C=O) groups is 1. The van der Waals surface area contributed by atoms with Crippen LogP contribution in [0.5, 0.6) is 0 Å². The summed E-state index contributed by atoms with van der Waals surface area (Å²) < 4.78 is 5.37. The van der Waals surface area contributed by atoms with Crippen LogP contribution in [0, 0.1) is 12.8 Å². The van der Waals surface area contributed by atoms with Gasteiger partial charge in [-0.25, -0.2) is 0 Å². The monoisotopic (exact) mass is 263 g/mol. The van der Waals surface area contributed by atoms with Crippen LogP contribution in [-0.4, -0.2) is 35.6 Å². The van der Waals surface area contributed by atoms with Gasteiger partial charge in [-0.2, -0.15) is 0 Å². The third-order valence-corrected chi connectivity index (χ3v) is 3.65. The fraction of sp³-hybridized carbons (Fsp3) is 0.533. The van der Waals surface area contributed by atoms with Crippen molar-refractivity contribution in [3.63, 3.8) is 0 Å². The minimum Gasteiger partial charge on any atom is -0.462 e. The number of aryl methyl sites for hydroxylation is 1. The Morgan fingerprint density at radius 1 is 1.53 bits per heavy atom. The second-order valence-electron chi connectivity index (χ2n) is 5.26. The van der Waals surface area contributed by atoms with E-state index in [1.807, 2.05) is 19.1 Å². The molecular weight excluding hydrogens is 242 g/mol. The summed E-state index contributed by atoms with van der Waals surface area (Å²) in [6.07, 6.45) is 5.84. The van der Waals surface area contributed by atoms with E-state index in [4.69, 9.17) is 4.42 Å². The third-order valence-electron chi connectivity index (χ3n) is 3.65. The van der Waals surface area contributed by atoms with Crippen LogP contribution in [0.4, 0.5) is 0 Å². The molecule has 1 saturated carbocycles. The molecule has 4 heteroatoms. The van der Waals surface area contributed by atoms with E-state index in [1.54, 1.807) is 18.0 Å². The second kappa shape index (κ2) is 6.06. The summed E-state index contributed by atoms with van der Waals surface area (Å²) in [6, 6.07) is 3.70. The molecule has 0 aromatic carbocycles. The largest absolute Gasteiger partial charge is 0.462 e. The molecule has 104 valence electrons. The smallest absolute Gasteiger partial charge is 0.246 e. The van der Waals surface area contributed by atoms with Gasteiger partial charge in [0.25, 0.3) is 0 Å². The number of amides is 1. The molecule has 0 bridgehead atoms. The molecule has 0 spiro atoms. The van der Waals surface area contributed by atoms with Gasteiger partial charge in [-0.15, -0.1) is 0 Å². The average molecular weight is 263 g/mol. The molecule has 1 aliphatic rings. The van der Waals surface area contributed by atoms with Crippen LogP contribution < -0.4 is 0 Å². The molecule has 1 aliphatic carbocycles. The number of aliphatic hydroxyl groups excluding tert-OH is 1. The van der Waals surface area contributed by atoms with Gasteiger partial charge in [0.1, 0.15) is 11.5 Å². The Kier molecular flexibility index (Phi) is 4.43. The van der Waals surface area contributed by atoms with E-state index in [0.717, 1.165) is 25.0 Å². The van der Waals surface area contributed by atoms with E-state index in [9.17, 15) is 9.90 Å². The molecule has 0 radical (unpaired) electrons. The fourth-order valence-corrected chi connectivity index (χ4v) is 2.50. The van der Waals surface area contributed by atoms with Gasteiger partial charge in [-0.1, -0.05) is 6.42 Å². The summed E-state index contributed by atoms with van der Waals surface area (Å²) in [5.74, 6) is 1.66. The maximum atomic E-state index is 11.9. The molecule has 2 atom stereocenters. The van der Waals surface area contributed by atoms with Crippen LogP contribution in [0.25, 0.3) is 6.08 Å². The predicted molar refractivity (Wildman–Crippen MR) is 73.5 cm³/mol. The Labute approximate surface area is 113 Å². The van der Waals surface area contributed by atoms with E-state index in [1.165, 1.54) is 6.08 Å². The van der Waals surface area contributed by atoms with E-state index in [2.05, 4.69) is 0 Å². The Morgan fingerprint density at radius 2 is 2.32 bits per heavy atom. The van der Waals surface area contributed by atoms with Crippen molar-refractivity contribution in [2.75, 3.05) is 13.6 Å². The van der Waals surface area contributed by atoms with Crippen LogP contribution >= 0.6 is 0 Å². The summed E-state index contributed by atoms with van der Waals surface area (Å²) >= 11 is 0. The lowest BCUT2D eigenvalue weighted by atomic mass is 10.1. The van der Waals surface area contributed by atoms with Crippen molar-refractivity contribution < 1.29 is 14.3 Å². The second-order valence-corrected chi connectivity index (χ2v) is 5.26. The molecule has 1 aromatic heterocycles. The summed E-state index contributed by atoms with van der Waals surface area (Å²) in [5.41, 5.74) is 0. The summed E-state index contributed by atoms with van der Waals surface area (Å²) in [6.45, 7) is 2.48. The first-order valence-corrected chi connectivity index (χ1v) is 6.74. The molecular formula is C15H21NO3. The number of hydrogen-bond acceptors (Lipinski definition) is 3. The Bertz CT molecular complexity index is 464. The molecule has 1 fully saturated rings. The van der Waals surface area contributed by atoms with Crippen molar-refractivity contribution in [3.05, 3.63) is 29.7 Å². The lowest BCUT2D eigenvalue weighted by Crippen LogP contribution is -2.33. The highest BCUT2D eigenvalue weighted by atomic mass is 16.3. The Balaban J connectivity index is 1.86. The number of aliphatic hydroxyl groups is 1. The lowest BCUT2D eigenvalue weighted by molar-refractivity contribution is -0.125. The summed E-state index contributed by atoms with van der Waals surface area (Å²) in [4.78, 5) is 13.6. The number of hydrogen-bond donors (Lipinski definition) is 1. The molecule has 1 N–H and O–H groups in total. The topological polar surface area (TPSA) is 53.7 Å². The highest BCUT2D eigenvalue weighted by Crippen LogP contribution is 2.26. The van der Waals surface area contributed by atoms with E-state index >= 15 is 0 Å². The molecule has 2 rings (SSSR count). The van der Waals surface area contributed by atoms with Gasteiger partial charge in [0.15, 0.2) is 0 Å². The van der Waals surface area contributed by atoms with Crippen LogP contribution in [0.2, 0.25) is 0 Å². The van der Waals surface area contributed by atoms with Crippen LogP contribution in [0.3, 0.4) is 0 Å². The molecule has 1 amide bonds. The molecule has 19 heavy (non-hydrogen) atoms. The van der Waals surface area contributed by atoms with E-state index in [0.29, 0.717) is 12.3 Å². The van der Waals surface area contributed by atoms with E-state index in [-0.39, 0.29) is 17.9 Å². The summed E-state index contributed by atoms with van der Waals surface area (Å²) in [7, 11) is 1.77. The predicted octanol–water partition coefficient (Wildman–Crippen LogP) is 2.22. The maximum Gasteiger partial charge on any atom is 0.246 e. The van der Waals surface area contributed by atoms with Crippen molar-refractivity contribution >= 4 is 12.0 Å². The van der Waals surface area contributed by atoms with Crippen molar-refractivity contribution in [1.82, 2.24) is 4.90 Å². The van der Waals surface area contributed by atoms with Gasteiger partial charge in [-0.05, 0) is 38.0 Å². The van der Waals surface area contributed by atoms with Crippen molar-refractivity contribution in [3.8, 4) is 0 Å². The number of nitrogens with zero attached hydrogens (tertiary/aromatic N) is 1. The van der Waals surface area contributed by atoms with Gasteiger partial charge in [-0.3, -0.25) is 4.79 Å². The van der Waals surface area contributed by atoms with Crippen molar-refractivity contribution in [2.45, 2.75) is 32.3 Å². The van der Waals surface area contributed by atoms with Crippen molar-refractivity contribution in [2.24, 2.45) is 5.92 Å². The first-order chi connectivity index (χ1) is 9.06. The van der Waals surface area contributed by atoms with E-state index < -0.39 is 0 Å². The first kappa shape index (κ1) is 13.9.